The van der Waals surface area contributed by atoms with E-state index in [1.165, 1.54) is 0 Å². The first-order chi connectivity index (χ1) is 7.63. The first-order valence-electron chi connectivity index (χ1n) is 4.77. The van der Waals surface area contributed by atoms with Gasteiger partial charge in [0.2, 0.25) is 0 Å². The van der Waals surface area contributed by atoms with E-state index < -0.39 is 12.1 Å². The van der Waals surface area contributed by atoms with Gasteiger partial charge in [0.25, 0.3) is 0 Å². The standard InChI is InChI=1S/C9H15ClN2O4/c1-3-15-8(13)5-7(6-10)11-12-9(14)16-4-2/h6,11H,3-5H2,1-2H3,(H,12,14)/b7-6+. The molecule has 0 saturated heterocycles. The second kappa shape index (κ2) is 8.84. The lowest BCUT2D eigenvalue weighted by atomic mass is 10.3. The van der Waals surface area contributed by atoms with Crippen molar-refractivity contribution in [1.29, 1.82) is 0 Å². The number of amides is 1. The molecule has 92 valence electrons. The molecule has 0 aliphatic carbocycles. The number of nitrogens with one attached hydrogen (secondary N) is 2. The summed E-state index contributed by atoms with van der Waals surface area (Å²) in [6.45, 7) is 3.92. The van der Waals surface area contributed by atoms with E-state index in [-0.39, 0.29) is 13.0 Å². The Kier molecular flexibility index (Phi) is 8.05. The molecule has 0 spiro atoms. The van der Waals surface area contributed by atoms with Crippen molar-refractivity contribution in [3.05, 3.63) is 11.2 Å². The van der Waals surface area contributed by atoms with Gasteiger partial charge in [-0.05, 0) is 13.8 Å². The highest BCUT2D eigenvalue weighted by atomic mass is 35.5. The van der Waals surface area contributed by atoms with E-state index in [0.717, 1.165) is 5.54 Å². The lowest BCUT2D eigenvalue weighted by Crippen LogP contribution is -2.37. The third-order valence-electron chi connectivity index (χ3n) is 1.37. The molecule has 0 aromatic carbocycles. The van der Waals surface area contributed by atoms with Crippen LogP contribution in [0.2, 0.25) is 0 Å². The fraction of sp³-hybridized carbons (Fsp3) is 0.556. The molecule has 0 rings (SSSR count). The van der Waals surface area contributed by atoms with Gasteiger partial charge in [-0.15, -0.1) is 0 Å². The number of hydrazine groups is 1. The summed E-state index contributed by atoms with van der Waals surface area (Å²) in [7, 11) is 0. The van der Waals surface area contributed by atoms with Gasteiger partial charge in [-0.3, -0.25) is 10.2 Å². The maximum atomic E-state index is 11.1. The Morgan fingerprint density at radius 3 is 2.31 bits per heavy atom. The van der Waals surface area contributed by atoms with Crippen molar-refractivity contribution < 1.29 is 19.1 Å². The summed E-state index contributed by atoms with van der Waals surface area (Å²) >= 11 is 5.45. The summed E-state index contributed by atoms with van der Waals surface area (Å²) < 4.78 is 9.30. The van der Waals surface area contributed by atoms with Gasteiger partial charge in [-0.2, -0.15) is 0 Å². The molecular weight excluding hydrogens is 236 g/mol. The third-order valence-corrected chi connectivity index (χ3v) is 1.64. The summed E-state index contributed by atoms with van der Waals surface area (Å²) in [6.07, 6.45) is -0.702. The topological polar surface area (TPSA) is 76.7 Å². The summed E-state index contributed by atoms with van der Waals surface area (Å²) in [5, 5.41) is 0. The quantitative estimate of drug-likeness (QED) is 0.548. The van der Waals surface area contributed by atoms with Crippen LogP contribution in [-0.4, -0.2) is 25.3 Å². The molecule has 2 N–H and O–H groups in total. The molecular formula is C9H15ClN2O4. The zero-order chi connectivity index (χ0) is 12.4. The van der Waals surface area contributed by atoms with Gasteiger partial charge in [0, 0.05) is 5.54 Å². The summed E-state index contributed by atoms with van der Waals surface area (Å²) in [5.41, 5.74) is 6.11. The van der Waals surface area contributed by atoms with Crippen LogP contribution in [0.25, 0.3) is 0 Å². The molecule has 0 aliphatic heterocycles. The molecule has 0 fully saturated rings. The fourth-order valence-electron chi connectivity index (χ4n) is 0.776. The minimum Gasteiger partial charge on any atom is -0.466 e. The maximum Gasteiger partial charge on any atom is 0.425 e. The van der Waals surface area contributed by atoms with Crippen molar-refractivity contribution >= 4 is 23.7 Å². The molecule has 0 saturated carbocycles. The number of carbonyl (C=O) groups excluding carboxylic acids is 2. The summed E-state index contributed by atoms with van der Waals surface area (Å²) in [4.78, 5) is 22.0. The molecule has 0 unspecified atom stereocenters. The second-order valence-corrected chi connectivity index (χ2v) is 2.80. The van der Waals surface area contributed by atoms with Crippen LogP contribution in [0.15, 0.2) is 11.2 Å². The van der Waals surface area contributed by atoms with E-state index in [1.807, 2.05) is 0 Å². The lowest BCUT2D eigenvalue weighted by Gasteiger charge is -2.10. The molecule has 0 bridgehead atoms. The number of esters is 1. The van der Waals surface area contributed by atoms with Crippen LogP contribution < -0.4 is 10.9 Å². The Balaban J connectivity index is 3.93. The number of hydrogen-bond acceptors (Lipinski definition) is 5. The molecule has 0 atom stereocenters. The molecule has 0 aromatic rings. The molecule has 6 nitrogen and oxygen atoms in total. The Morgan fingerprint density at radius 1 is 1.19 bits per heavy atom. The third kappa shape index (κ3) is 6.94. The van der Waals surface area contributed by atoms with Crippen molar-refractivity contribution in [2.24, 2.45) is 0 Å². The van der Waals surface area contributed by atoms with Crippen molar-refractivity contribution in [2.75, 3.05) is 13.2 Å². The van der Waals surface area contributed by atoms with Crippen molar-refractivity contribution in [3.8, 4) is 0 Å². The normalized spacial score (nSPS) is 10.6. The predicted molar refractivity (Wildman–Crippen MR) is 58.5 cm³/mol. The van der Waals surface area contributed by atoms with E-state index in [4.69, 9.17) is 16.3 Å². The summed E-state index contributed by atoms with van der Waals surface area (Å²) in [6, 6.07) is 0. The zero-order valence-corrected chi connectivity index (χ0v) is 9.97. The highest BCUT2D eigenvalue weighted by Crippen LogP contribution is 2.00. The SMILES string of the molecule is CCOC(=O)C/C(=C\Cl)NNC(=O)OCC. The smallest absolute Gasteiger partial charge is 0.425 e. The average molecular weight is 251 g/mol. The highest BCUT2D eigenvalue weighted by Gasteiger charge is 2.07. The van der Waals surface area contributed by atoms with Crippen molar-refractivity contribution in [2.45, 2.75) is 20.3 Å². The first-order valence-corrected chi connectivity index (χ1v) is 5.21. The van der Waals surface area contributed by atoms with Crippen molar-refractivity contribution in [3.63, 3.8) is 0 Å². The largest absolute Gasteiger partial charge is 0.466 e. The fourth-order valence-corrected chi connectivity index (χ4v) is 0.908. The van der Waals surface area contributed by atoms with E-state index >= 15 is 0 Å². The van der Waals surface area contributed by atoms with Gasteiger partial charge < -0.3 is 9.47 Å². The highest BCUT2D eigenvalue weighted by molar-refractivity contribution is 6.25. The molecule has 16 heavy (non-hydrogen) atoms. The van der Waals surface area contributed by atoms with Crippen LogP contribution in [-0.2, 0) is 14.3 Å². The van der Waals surface area contributed by atoms with Crippen molar-refractivity contribution in [1.82, 2.24) is 10.9 Å². The first kappa shape index (κ1) is 14.6. The van der Waals surface area contributed by atoms with Crippen LogP contribution in [0, 0.1) is 0 Å². The van der Waals surface area contributed by atoms with Gasteiger partial charge in [-0.1, -0.05) is 11.6 Å². The molecule has 1 amide bonds. The second-order valence-electron chi connectivity index (χ2n) is 2.59. The molecule has 0 radical (unpaired) electrons. The zero-order valence-electron chi connectivity index (χ0n) is 9.21. The van der Waals surface area contributed by atoms with Crippen LogP contribution in [0.1, 0.15) is 20.3 Å². The molecule has 0 heterocycles. The average Bonchev–Trinajstić information content (AvgIpc) is 2.25. The monoisotopic (exact) mass is 250 g/mol. The van der Waals surface area contributed by atoms with E-state index in [9.17, 15) is 9.59 Å². The minimum atomic E-state index is -0.651. The number of halogens is 1. The lowest BCUT2D eigenvalue weighted by molar-refractivity contribution is -0.142. The van der Waals surface area contributed by atoms with E-state index in [2.05, 4.69) is 15.6 Å². The number of carbonyl (C=O) groups is 2. The maximum absolute atomic E-state index is 11.1. The van der Waals surface area contributed by atoms with E-state index in [1.54, 1.807) is 13.8 Å². The van der Waals surface area contributed by atoms with Gasteiger partial charge in [0.05, 0.1) is 25.3 Å². The molecule has 7 heteroatoms. The number of ether oxygens (including phenoxy) is 2. The van der Waals surface area contributed by atoms with Crippen LogP contribution in [0.5, 0.6) is 0 Å². The predicted octanol–water partition coefficient (Wildman–Crippen LogP) is 1.27. The van der Waals surface area contributed by atoms with Crippen LogP contribution in [0.4, 0.5) is 4.79 Å². The van der Waals surface area contributed by atoms with E-state index in [0.29, 0.717) is 12.3 Å². The van der Waals surface area contributed by atoms with Gasteiger partial charge in [-0.25, -0.2) is 10.2 Å². The van der Waals surface area contributed by atoms with Gasteiger partial charge in [0.15, 0.2) is 0 Å². The van der Waals surface area contributed by atoms with Gasteiger partial charge in [0.1, 0.15) is 0 Å². The Morgan fingerprint density at radius 2 is 1.81 bits per heavy atom. The molecule has 0 aliphatic rings. The number of rotatable bonds is 6. The van der Waals surface area contributed by atoms with Crippen LogP contribution in [0.3, 0.4) is 0 Å². The minimum absolute atomic E-state index is 0.0518. The van der Waals surface area contributed by atoms with Crippen LogP contribution >= 0.6 is 11.6 Å². The Hall–Kier alpha value is -1.43. The Labute approximate surface area is 98.9 Å². The molecule has 0 aromatic heterocycles. The van der Waals surface area contributed by atoms with Gasteiger partial charge >= 0.3 is 12.1 Å². The summed E-state index contributed by atoms with van der Waals surface area (Å²) in [5.74, 6) is -0.437. The number of hydrogen-bond donors (Lipinski definition) is 2. The Bertz CT molecular complexity index is 268.